The molecule has 0 bridgehead atoms. The zero-order valence-electron chi connectivity index (χ0n) is 11.7. The first-order valence-corrected chi connectivity index (χ1v) is 7.12. The number of piperidine rings is 1. The fourth-order valence-corrected chi connectivity index (χ4v) is 2.59. The molecule has 0 spiro atoms. The third kappa shape index (κ3) is 4.07. The Kier molecular flexibility index (Phi) is 5.14. The number of aryl methyl sites for hydroxylation is 1. The molecule has 2 heterocycles. The summed E-state index contributed by atoms with van der Waals surface area (Å²) in [5.41, 5.74) is 2.43. The van der Waals surface area contributed by atoms with Crippen molar-refractivity contribution < 1.29 is 0 Å². The monoisotopic (exact) mass is 247 g/mol. The Morgan fingerprint density at radius 2 is 2.11 bits per heavy atom. The van der Waals surface area contributed by atoms with Gasteiger partial charge < -0.3 is 5.32 Å². The fraction of sp³-hybridized carbons (Fsp3) is 0.667. The Bertz CT molecular complexity index is 341. The molecule has 0 atom stereocenters. The maximum absolute atomic E-state index is 4.38. The molecule has 1 aliphatic rings. The van der Waals surface area contributed by atoms with Crippen LogP contribution in [0.4, 0.5) is 0 Å². The number of rotatable bonds is 5. The highest BCUT2D eigenvalue weighted by atomic mass is 15.1. The van der Waals surface area contributed by atoms with E-state index in [4.69, 9.17) is 0 Å². The van der Waals surface area contributed by atoms with Gasteiger partial charge in [0, 0.05) is 25.0 Å². The first kappa shape index (κ1) is 13.5. The van der Waals surface area contributed by atoms with E-state index in [9.17, 15) is 0 Å². The minimum atomic E-state index is 0.865. The molecule has 100 valence electrons. The minimum absolute atomic E-state index is 0.865. The molecule has 1 N–H and O–H groups in total. The SMILES string of the molecule is CCN(Cc1ccc(C)nc1)CC1CCNCC1. The molecular formula is C15H25N3. The Hall–Kier alpha value is -0.930. The van der Waals surface area contributed by atoms with Gasteiger partial charge in [-0.3, -0.25) is 9.88 Å². The van der Waals surface area contributed by atoms with Gasteiger partial charge in [0.05, 0.1) is 0 Å². The lowest BCUT2D eigenvalue weighted by Crippen LogP contribution is -2.35. The van der Waals surface area contributed by atoms with Crippen molar-refractivity contribution in [3.8, 4) is 0 Å². The second-order valence-corrected chi connectivity index (χ2v) is 5.33. The zero-order chi connectivity index (χ0) is 12.8. The minimum Gasteiger partial charge on any atom is -0.317 e. The summed E-state index contributed by atoms with van der Waals surface area (Å²) < 4.78 is 0. The molecule has 1 aliphatic heterocycles. The molecule has 2 rings (SSSR count). The van der Waals surface area contributed by atoms with Crippen LogP contribution < -0.4 is 5.32 Å². The normalized spacial score (nSPS) is 17.3. The van der Waals surface area contributed by atoms with Crippen molar-refractivity contribution in [2.75, 3.05) is 26.2 Å². The first-order valence-electron chi connectivity index (χ1n) is 7.12. The van der Waals surface area contributed by atoms with Crippen LogP contribution in [0.25, 0.3) is 0 Å². The van der Waals surface area contributed by atoms with Crippen molar-refractivity contribution in [2.24, 2.45) is 5.92 Å². The van der Waals surface area contributed by atoms with E-state index in [1.807, 2.05) is 13.1 Å². The van der Waals surface area contributed by atoms with Crippen molar-refractivity contribution in [2.45, 2.75) is 33.2 Å². The predicted octanol–water partition coefficient (Wildman–Crippen LogP) is 2.21. The number of aromatic nitrogens is 1. The molecule has 1 saturated heterocycles. The van der Waals surface area contributed by atoms with Gasteiger partial charge in [-0.05, 0) is 56.9 Å². The lowest BCUT2D eigenvalue weighted by molar-refractivity contribution is 0.207. The van der Waals surface area contributed by atoms with Gasteiger partial charge in [-0.1, -0.05) is 13.0 Å². The van der Waals surface area contributed by atoms with Crippen LogP contribution in [0.3, 0.4) is 0 Å². The van der Waals surface area contributed by atoms with Gasteiger partial charge >= 0.3 is 0 Å². The van der Waals surface area contributed by atoms with Crippen molar-refractivity contribution >= 4 is 0 Å². The van der Waals surface area contributed by atoms with Crippen LogP contribution >= 0.6 is 0 Å². The lowest BCUT2D eigenvalue weighted by Gasteiger charge is -2.29. The molecule has 1 fully saturated rings. The second-order valence-electron chi connectivity index (χ2n) is 5.33. The Balaban J connectivity index is 1.86. The van der Waals surface area contributed by atoms with E-state index >= 15 is 0 Å². The number of hydrogen-bond donors (Lipinski definition) is 1. The predicted molar refractivity (Wildman–Crippen MR) is 75.5 cm³/mol. The van der Waals surface area contributed by atoms with Crippen LogP contribution in [0.15, 0.2) is 18.3 Å². The fourth-order valence-electron chi connectivity index (χ4n) is 2.59. The highest BCUT2D eigenvalue weighted by Crippen LogP contribution is 2.15. The molecule has 0 saturated carbocycles. The number of hydrogen-bond acceptors (Lipinski definition) is 3. The van der Waals surface area contributed by atoms with Gasteiger partial charge in [-0.15, -0.1) is 0 Å². The Morgan fingerprint density at radius 3 is 2.72 bits per heavy atom. The molecule has 3 nitrogen and oxygen atoms in total. The van der Waals surface area contributed by atoms with Crippen LogP contribution in [-0.4, -0.2) is 36.1 Å². The highest BCUT2D eigenvalue weighted by Gasteiger charge is 2.16. The quantitative estimate of drug-likeness (QED) is 0.864. The smallest absolute Gasteiger partial charge is 0.0372 e. The number of nitrogens with zero attached hydrogens (tertiary/aromatic N) is 2. The molecule has 1 aromatic rings. The third-order valence-corrected chi connectivity index (χ3v) is 3.80. The van der Waals surface area contributed by atoms with Gasteiger partial charge in [0.25, 0.3) is 0 Å². The molecule has 3 heteroatoms. The molecule has 0 aromatic carbocycles. The number of pyridine rings is 1. The Morgan fingerprint density at radius 1 is 1.33 bits per heavy atom. The van der Waals surface area contributed by atoms with E-state index in [2.05, 4.69) is 34.3 Å². The van der Waals surface area contributed by atoms with E-state index in [0.717, 1.165) is 24.7 Å². The summed E-state index contributed by atoms with van der Waals surface area (Å²) in [6, 6.07) is 4.31. The molecule has 0 radical (unpaired) electrons. The summed E-state index contributed by atoms with van der Waals surface area (Å²) in [4.78, 5) is 6.92. The summed E-state index contributed by atoms with van der Waals surface area (Å²) in [7, 11) is 0. The Labute approximate surface area is 111 Å². The van der Waals surface area contributed by atoms with Gasteiger partial charge in [0.15, 0.2) is 0 Å². The van der Waals surface area contributed by atoms with E-state index in [-0.39, 0.29) is 0 Å². The van der Waals surface area contributed by atoms with Crippen LogP contribution in [0.5, 0.6) is 0 Å². The van der Waals surface area contributed by atoms with Gasteiger partial charge in [0.1, 0.15) is 0 Å². The van der Waals surface area contributed by atoms with E-state index in [1.165, 1.54) is 38.0 Å². The van der Waals surface area contributed by atoms with Crippen molar-refractivity contribution in [3.05, 3.63) is 29.6 Å². The van der Waals surface area contributed by atoms with Crippen molar-refractivity contribution in [1.82, 2.24) is 15.2 Å². The summed E-state index contributed by atoms with van der Waals surface area (Å²) in [5.74, 6) is 0.865. The molecule has 18 heavy (non-hydrogen) atoms. The van der Waals surface area contributed by atoms with Gasteiger partial charge in [-0.25, -0.2) is 0 Å². The zero-order valence-corrected chi connectivity index (χ0v) is 11.7. The van der Waals surface area contributed by atoms with E-state index < -0.39 is 0 Å². The van der Waals surface area contributed by atoms with Crippen LogP contribution in [0, 0.1) is 12.8 Å². The summed E-state index contributed by atoms with van der Waals surface area (Å²) >= 11 is 0. The van der Waals surface area contributed by atoms with Crippen LogP contribution in [0.2, 0.25) is 0 Å². The van der Waals surface area contributed by atoms with Gasteiger partial charge in [0.2, 0.25) is 0 Å². The average Bonchev–Trinajstić information content (AvgIpc) is 2.41. The van der Waals surface area contributed by atoms with Gasteiger partial charge in [-0.2, -0.15) is 0 Å². The maximum Gasteiger partial charge on any atom is 0.0372 e. The average molecular weight is 247 g/mol. The highest BCUT2D eigenvalue weighted by molar-refractivity contribution is 5.12. The summed E-state index contributed by atoms with van der Waals surface area (Å²) in [6.07, 6.45) is 4.66. The molecule has 0 unspecified atom stereocenters. The second kappa shape index (κ2) is 6.86. The van der Waals surface area contributed by atoms with E-state index in [1.54, 1.807) is 0 Å². The van der Waals surface area contributed by atoms with Crippen molar-refractivity contribution in [3.63, 3.8) is 0 Å². The van der Waals surface area contributed by atoms with Crippen molar-refractivity contribution in [1.29, 1.82) is 0 Å². The molecular weight excluding hydrogens is 222 g/mol. The van der Waals surface area contributed by atoms with Crippen LogP contribution in [0.1, 0.15) is 31.0 Å². The maximum atomic E-state index is 4.38. The summed E-state index contributed by atoms with van der Waals surface area (Å²) in [5, 5.41) is 3.43. The lowest BCUT2D eigenvalue weighted by atomic mass is 9.97. The summed E-state index contributed by atoms with van der Waals surface area (Å²) in [6.45, 7) is 10.1. The number of nitrogens with one attached hydrogen (secondary N) is 1. The molecule has 1 aromatic heterocycles. The van der Waals surface area contributed by atoms with Crippen LogP contribution in [-0.2, 0) is 6.54 Å². The molecule has 0 amide bonds. The largest absolute Gasteiger partial charge is 0.317 e. The third-order valence-electron chi connectivity index (χ3n) is 3.80. The molecule has 0 aliphatic carbocycles. The standard InChI is InChI=1S/C15H25N3/c1-3-18(11-14-6-8-16-9-7-14)12-15-5-4-13(2)17-10-15/h4-5,10,14,16H,3,6-9,11-12H2,1-2H3. The topological polar surface area (TPSA) is 28.2 Å². The van der Waals surface area contributed by atoms with E-state index in [0.29, 0.717) is 0 Å². The first-order chi connectivity index (χ1) is 8.78.